The molecule has 64 valence electrons. The summed E-state index contributed by atoms with van der Waals surface area (Å²) >= 11 is 0. The largest absolute Gasteiger partial charge is 0.408 e. The van der Waals surface area contributed by atoms with Gasteiger partial charge in [0.25, 0.3) is 0 Å². The van der Waals surface area contributed by atoms with Crippen LogP contribution in [0.1, 0.15) is 0 Å². The summed E-state index contributed by atoms with van der Waals surface area (Å²) in [6, 6.07) is 13.6. The molecule has 0 aliphatic carbocycles. The predicted octanol–water partition coefficient (Wildman–Crippen LogP) is 3.43. The zero-order chi connectivity index (χ0) is 9.10. The van der Waals surface area contributed by atoms with Crippen LogP contribution in [0, 0.1) is 0 Å². The number of hydrogen-bond donors (Lipinski definition) is 0. The highest BCUT2D eigenvalue weighted by molar-refractivity contribution is 7.17. The SMILES string of the molecule is O=POc1ccc2ccccc2c1. The van der Waals surface area contributed by atoms with Crippen molar-refractivity contribution in [1.29, 1.82) is 0 Å². The summed E-state index contributed by atoms with van der Waals surface area (Å²) in [4.78, 5) is 0. The molecule has 0 fully saturated rings. The third-order valence-electron chi connectivity index (χ3n) is 1.86. The molecule has 2 aromatic rings. The zero-order valence-electron chi connectivity index (χ0n) is 6.81. The van der Waals surface area contributed by atoms with Crippen LogP contribution in [0.4, 0.5) is 0 Å². The first-order valence-electron chi connectivity index (χ1n) is 3.88. The number of hydrogen-bond acceptors (Lipinski definition) is 2. The molecule has 3 heteroatoms. The minimum atomic E-state index is -0.315. The van der Waals surface area contributed by atoms with Gasteiger partial charge in [0.2, 0.25) is 0 Å². The van der Waals surface area contributed by atoms with Crippen LogP contribution in [0.15, 0.2) is 42.5 Å². The van der Waals surface area contributed by atoms with Gasteiger partial charge in [0, 0.05) is 0 Å². The van der Waals surface area contributed by atoms with E-state index in [-0.39, 0.29) is 8.69 Å². The van der Waals surface area contributed by atoms with E-state index in [9.17, 15) is 4.57 Å². The molecule has 0 amide bonds. The lowest BCUT2D eigenvalue weighted by molar-refractivity contribution is 0.525. The van der Waals surface area contributed by atoms with Gasteiger partial charge in [-0.1, -0.05) is 30.3 Å². The molecule has 0 N–H and O–H groups in total. The molecule has 0 unspecified atom stereocenters. The molecule has 0 aliphatic heterocycles. The van der Waals surface area contributed by atoms with E-state index in [0.717, 1.165) is 10.8 Å². The van der Waals surface area contributed by atoms with Gasteiger partial charge in [-0.15, -0.1) is 0 Å². The Hall–Kier alpha value is -1.40. The molecule has 13 heavy (non-hydrogen) atoms. The van der Waals surface area contributed by atoms with Crippen LogP contribution < -0.4 is 4.52 Å². The van der Waals surface area contributed by atoms with E-state index >= 15 is 0 Å². The molecule has 0 saturated carbocycles. The highest BCUT2D eigenvalue weighted by atomic mass is 31.1. The number of benzene rings is 2. The molecule has 2 rings (SSSR count). The summed E-state index contributed by atoms with van der Waals surface area (Å²) in [5.74, 6) is 0.621. The third kappa shape index (κ3) is 1.68. The molecular formula is C10H7O2P. The van der Waals surface area contributed by atoms with Crippen molar-refractivity contribution < 1.29 is 9.09 Å². The summed E-state index contributed by atoms with van der Waals surface area (Å²) in [7, 11) is -0.315. The molecule has 2 aromatic carbocycles. The molecule has 0 spiro atoms. The van der Waals surface area contributed by atoms with E-state index in [1.807, 2.05) is 36.4 Å². The van der Waals surface area contributed by atoms with Gasteiger partial charge in [-0.05, 0) is 22.9 Å². The summed E-state index contributed by atoms with van der Waals surface area (Å²) in [6.45, 7) is 0. The fourth-order valence-corrected chi connectivity index (χ4v) is 1.47. The van der Waals surface area contributed by atoms with Crippen LogP contribution in [0.3, 0.4) is 0 Å². The third-order valence-corrected chi connectivity index (χ3v) is 2.15. The zero-order valence-corrected chi connectivity index (χ0v) is 7.70. The van der Waals surface area contributed by atoms with E-state index in [4.69, 9.17) is 4.52 Å². The Morgan fingerprint density at radius 1 is 1.00 bits per heavy atom. The van der Waals surface area contributed by atoms with E-state index < -0.39 is 0 Å². The van der Waals surface area contributed by atoms with E-state index in [1.54, 1.807) is 6.07 Å². The van der Waals surface area contributed by atoms with Crippen molar-refractivity contribution in [3.63, 3.8) is 0 Å². The lowest BCUT2D eigenvalue weighted by atomic mass is 10.1. The molecule has 2 nitrogen and oxygen atoms in total. The Morgan fingerprint density at radius 2 is 1.77 bits per heavy atom. The lowest BCUT2D eigenvalue weighted by Crippen LogP contribution is -1.75. The van der Waals surface area contributed by atoms with Gasteiger partial charge < -0.3 is 4.52 Å². The van der Waals surface area contributed by atoms with Gasteiger partial charge in [0.05, 0.1) is 0 Å². The van der Waals surface area contributed by atoms with Crippen LogP contribution in [0.25, 0.3) is 10.8 Å². The van der Waals surface area contributed by atoms with Crippen molar-refractivity contribution in [1.82, 2.24) is 0 Å². The van der Waals surface area contributed by atoms with Crippen molar-refractivity contribution in [2.75, 3.05) is 0 Å². The quantitative estimate of drug-likeness (QED) is 0.678. The Kier molecular flexibility index (Phi) is 2.24. The molecule has 0 aliphatic rings. The smallest absolute Gasteiger partial charge is 0.395 e. The standard InChI is InChI=1S/C10H7O2P/c11-13-12-10-6-5-8-3-1-2-4-9(8)7-10/h1-7H. The lowest BCUT2D eigenvalue weighted by Gasteiger charge is -1.99. The molecule has 0 bridgehead atoms. The van der Waals surface area contributed by atoms with Crippen LogP contribution >= 0.6 is 8.69 Å². The Morgan fingerprint density at radius 3 is 2.54 bits per heavy atom. The van der Waals surface area contributed by atoms with Crippen LogP contribution in [-0.4, -0.2) is 0 Å². The fraction of sp³-hybridized carbons (Fsp3) is 0. The Balaban J connectivity index is 2.55. The maximum atomic E-state index is 10.2. The normalized spacial score (nSPS) is 10.5. The molecular weight excluding hydrogens is 183 g/mol. The summed E-state index contributed by atoms with van der Waals surface area (Å²) in [6.07, 6.45) is 0. The molecule has 0 atom stereocenters. The highest BCUT2D eigenvalue weighted by Gasteiger charge is 1.95. The first-order chi connectivity index (χ1) is 6.40. The average molecular weight is 190 g/mol. The highest BCUT2D eigenvalue weighted by Crippen LogP contribution is 2.22. The summed E-state index contributed by atoms with van der Waals surface area (Å²) in [5.41, 5.74) is 0. The van der Waals surface area contributed by atoms with Crippen LogP contribution in [0.5, 0.6) is 5.75 Å². The van der Waals surface area contributed by atoms with Crippen LogP contribution in [-0.2, 0) is 4.57 Å². The number of rotatable bonds is 2. The Bertz CT molecular complexity index is 440. The first-order valence-corrected chi connectivity index (χ1v) is 4.61. The molecule has 0 radical (unpaired) electrons. The van der Waals surface area contributed by atoms with Gasteiger partial charge in [0.15, 0.2) is 0 Å². The average Bonchev–Trinajstić information content (AvgIpc) is 2.18. The van der Waals surface area contributed by atoms with E-state index in [2.05, 4.69) is 0 Å². The topological polar surface area (TPSA) is 26.3 Å². The second kappa shape index (κ2) is 3.55. The minimum Gasteiger partial charge on any atom is -0.408 e. The molecule has 0 aromatic heterocycles. The van der Waals surface area contributed by atoms with Gasteiger partial charge in [-0.25, -0.2) is 4.57 Å². The Labute approximate surface area is 77.4 Å². The van der Waals surface area contributed by atoms with E-state index in [0.29, 0.717) is 5.75 Å². The second-order valence-electron chi connectivity index (χ2n) is 2.67. The summed E-state index contributed by atoms with van der Waals surface area (Å²) < 4.78 is 15.0. The van der Waals surface area contributed by atoms with Gasteiger partial charge in [-0.2, -0.15) is 0 Å². The number of fused-ring (bicyclic) bond motifs is 1. The van der Waals surface area contributed by atoms with Gasteiger partial charge in [-0.3, -0.25) is 0 Å². The van der Waals surface area contributed by atoms with Crippen molar-refractivity contribution in [2.24, 2.45) is 0 Å². The maximum absolute atomic E-state index is 10.2. The van der Waals surface area contributed by atoms with E-state index in [1.165, 1.54) is 0 Å². The summed E-state index contributed by atoms with van der Waals surface area (Å²) in [5, 5.41) is 2.24. The second-order valence-corrected chi connectivity index (χ2v) is 3.01. The molecule has 0 heterocycles. The fourth-order valence-electron chi connectivity index (χ4n) is 1.27. The van der Waals surface area contributed by atoms with Gasteiger partial charge >= 0.3 is 8.69 Å². The van der Waals surface area contributed by atoms with Crippen molar-refractivity contribution in [3.8, 4) is 5.75 Å². The maximum Gasteiger partial charge on any atom is 0.395 e. The minimum absolute atomic E-state index is 0.315. The van der Waals surface area contributed by atoms with Gasteiger partial charge in [0.1, 0.15) is 5.75 Å². The van der Waals surface area contributed by atoms with Crippen molar-refractivity contribution >= 4 is 19.5 Å². The first kappa shape index (κ1) is 8.21. The monoisotopic (exact) mass is 190 g/mol. The van der Waals surface area contributed by atoms with Crippen molar-refractivity contribution in [2.45, 2.75) is 0 Å². The van der Waals surface area contributed by atoms with Crippen LogP contribution in [0.2, 0.25) is 0 Å². The van der Waals surface area contributed by atoms with Crippen molar-refractivity contribution in [3.05, 3.63) is 42.5 Å². The predicted molar refractivity (Wildman–Crippen MR) is 52.2 cm³/mol. The molecule has 0 saturated heterocycles.